The zero-order valence-electron chi connectivity index (χ0n) is 3.48. The van der Waals surface area contributed by atoms with Crippen molar-refractivity contribution in [3.05, 3.63) is 11.1 Å². The summed E-state index contributed by atoms with van der Waals surface area (Å²) in [6, 6.07) is 0. The first-order valence-corrected chi connectivity index (χ1v) is 2.21. The van der Waals surface area contributed by atoms with E-state index in [0.29, 0.717) is 6.61 Å². The molecule has 3 heteroatoms. The third-order valence-electron chi connectivity index (χ3n) is 0.672. The maximum atomic E-state index is 10.2. The Hall–Kier alpha value is -0.500. The summed E-state index contributed by atoms with van der Waals surface area (Å²) in [5.41, 5.74) is 0. The zero-order valence-corrected chi connectivity index (χ0v) is 4.23. The molecular formula is C4H3ClO2. The highest BCUT2D eigenvalue weighted by Gasteiger charge is 2.12. The van der Waals surface area contributed by atoms with Gasteiger partial charge in [0, 0.05) is 0 Å². The van der Waals surface area contributed by atoms with E-state index in [4.69, 9.17) is 11.6 Å². The Morgan fingerprint density at radius 1 is 1.86 bits per heavy atom. The lowest BCUT2D eigenvalue weighted by molar-refractivity contribution is -0.135. The average molecular weight is 119 g/mol. The molecule has 0 aliphatic carbocycles. The van der Waals surface area contributed by atoms with E-state index in [2.05, 4.69) is 4.74 Å². The van der Waals surface area contributed by atoms with Crippen LogP contribution in [0.3, 0.4) is 0 Å². The molecule has 7 heavy (non-hydrogen) atoms. The highest BCUT2D eigenvalue weighted by Crippen LogP contribution is 2.09. The van der Waals surface area contributed by atoms with Crippen molar-refractivity contribution in [1.82, 2.24) is 0 Å². The third kappa shape index (κ3) is 0.747. The number of hydrogen-bond acceptors (Lipinski definition) is 2. The fraction of sp³-hybridized carbons (Fsp3) is 0.250. The van der Waals surface area contributed by atoms with Crippen molar-refractivity contribution >= 4 is 17.6 Å². The van der Waals surface area contributed by atoms with Crippen LogP contribution in [0.2, 0.25) is 0 Å². The number of ether oxygens (including phenoxy) is 1. The van der Waals surface area contributed by atoms with Gasteiger partial charge in [-0.2, -0.15) is 0 Å². The molecule has 0 spiro atoms. The van der Waals surface area contributed by atoms with E-state index in [1.807, 2.05) is 0 Å². The van der Waals surface area contributed by atoms with Crippen molar-refractivity contribution in [2.75, 3.05) is 6.61 Å². The number of halogens is 1. The summed E-state index contributed by atoms with van der Waals surface area (Å²) in [5.74, 6) is -0.415. The molecule has 0 aromatic carbocycles. The van der Waals surface area contributed by atoms with Crippen LogP contribution in [0.4, 0.5) is 0 Å². The lowest BCUT2D eigenvalue weighted by Crippen LogP contribution is -1.93. The maximum absolute atomic E-state index is 10.2. The Morgan fingerprint density at radius 2 is 2.57 bits per heavy atom. The number of carbonyl (C=O) groups excluding carboxylic acids is 1. The van der Waals surface area contributed by atoms with E-state index in [1.54, 1.807) is 0 Å². The predicted octanol–water partition coefficient (Wildman–Crippen LogP) is 0.666. The Kier molecular flexibility index (Phi) is 1.02. The highest BCUT2D eigenvalue weighted by molar-refractivity contribution is 6.41. The first-order chi connectivity index (χ1) is 3.30. The molecule has 0 unspecified atom stereocenters. The summed E-state index contributed by atoms with van der Waals surface area (Å²) >= 11 is 5.25. The minimum atomic E-state index is -0.415. The van der Waals surface area contributed by atoms with E-state index in [0.717, 1.165) is 0 Å². The number of carbonyl (C=O) groups is 1. The first-order valence-electron chi connectivity index (χ1n) is 1.83. The summed E-state index contributed by atoms with van der Waals surface area (Å²) in [6.07, 6.45) is 1.53. The molecule has 38 valence electrons. The van der Waals surface area contributed by atoms with E-state index in [-0.39, 0.29) is 5.03 Å². The van der Waals surface area contributed by atoms with Gasteiger partial charge in [-0.05, 0) is 6.08 Å². The standard InChI is InChI=1S/C4H3ClO2/c5-3-1-2-7-4(3)6/h1H,2H2. The van der Waals surface area contributed by atoms with Crippen molar-refractivity contribution in [1.29, 1.82) is 0 Å². The molecule has 0 aromatic rings. The molecule has 1 rings (SSSR count). The van der Waals surface area contributed by atoms with Crippen molar-refractivity contribution in [2.24, 2.45) is 0 Å². The second-order valence-electron chi connectivity index (χ2n) is 1.15. The molecule has 0 saturated heterocycles. The van der Waals surface area contributed by atoms with Crippen molar-refractivity contribution in [3.63, 3.8) is 0 Å². The Balaban J connectivity index is 2.72. The van der Waals surface area contributed by atoms with Crippen molar-refractivity contribution in [2.45, 2.75) is 0 Å². The van der Waals surface area contributed by atoms with Crippen LogP contribution in [0.5, 0.6) is 0 Å². The molecule has 0 fully saturated rings. The summed E-state index contributed by atoms with van der Waals surface area (Å²) in [6.45, 7) is 0.331. The molecule has 0 saturated carbocycles. The smallest absolute Gasteiger partial charge is 0.349 e. The van der Waals surface area contributed by atoms with Crippen molar-refractivity contribution in [3.8, 4) is 0 Å². The van der Waals surface area contributed by atoms with Gasteiger partial charge >= 0.3 is 5.97 Å². The molecule has 0 bridgehead atoms. The molecular weight excluding hydrogens is 115 g/mol. The lowest BCUT2D eigenvalue weighted by Gasteiger charge is -1.84. The van der Waals surface area contributed by atoms with E-state index in [9.17, 15) is 4.79 Å². The Morgan fingerprint density at radius 3 is 2.71 bits per heavy atom. The molecule has 1 aliphatic heterocycles. The van der Waals surface area contributed by atoms with Crippen LogP contribution >= 0.6 is 11.6 Å². The fourth-order valence-electron chi connectivity index (χ4n) is 0.343. The second-order valence-corrected chi connectivity index (χ2v) is 1.56. The summed E-state index contributed by atoms with van der Waals surface area (Å²) in [5, 5.41) is 0.194. The second kappa shape index (κ2) is 1.54. The fourth-order valence-corrected chi connectivity index (χ4v) is 0.460. The number of cyclic esters (lactones) is 1. The molecule has 0 radical (unpaired) electrons. The molecule has 2 nitrogen and oxygen atoms in total. The van der Waals surface area contributed by atoms with Crippen LogP contribution < -0.4 is 0 Å². The Labute approximate surface area is 45.7 Å². The van der Waals surface area contributed by atoms with Gasteiger partial charge in [0.1, 0.15) is 11.6 Å². The van der Waals surface area contributed by atoms with E-state index in [1.165, 1.54) is 6.08 Å². The van der Waals surface area contributed by atoms with Crippen LogP contribution in [0.15, 0.2) is 11.1 Å². The first kappa shape index (κ1) is 4.65. The van der Waals surface area contributed by atoms with Gasteiger partial charge in [-0.3, -0.25) is 0 Å². The van der Waals surface area contributed by atoms with Crippen molar-refractivity contribution < 1.29 is 9.53 Å². The van der Waals surface area contributed by atoms with Gasteiger partial charge in [-0.25, -0.2) is 4.79 Å². The van der Waals surface area contributed by atoms with Crippen LogP contribution in [0.1, 0.15) is 0 Å². The lowest BCUT2D eigenvalue weighted by atomic mass is 10.6. The third-order valence-corrected chi connectivity index (χ3v) is 0.981. The Bertz CT molecular complexity index is 128. The van der Waals surface area contributed by atoms with E-state index < -0.39 is 5.97 Å². The molecule has 1 aliphatic rings. The quantitative estimate of drug-likeness (QED) is 0.437. The monoisotopic (exact) mass is 118 g/mol. The van der Waals surface area contributed by atoms with Crippen LogP contribution in [-0.4, -0.2) is 12.6 Å². The van der Waals surface area contributed by atoms with Crippen LogP contribution in [-0.2, 0) is 9.53 Å². The molecule has 0 atom stereocenters. The number of esters is 1. The SMILES string of the molecule is O=C1OCC=C1Cl. The minimum Gasteiger partial charge on any atom is -0.457 e. The highest BCUT2D eigenvalue weighted by atomic mass is 35.5. The molecule has 0 aromatic heterocycles. The predicted molar refractivity (Wildman–Crippen MR) is 24.9 cm³/mol. The minimum absolute atomic E-state index is 0.194. The molecule has 1 heterocycles. The topological polar surface area (TPSA) is 26.3 Å². The largest absolute Gasteiger partial charge is 0.457 e. The van der Waals surface area contributed by atoms with E-state index >= 15 is 0 Å². The van der Waals surface area contributed by atoms with Gasteiger partial charge in [0.2, 0.25) is 0 Å². The van der Waals surface area contributed by atoms with Gasteiger partial charge in [0.15, 0.2) is 0 Å². The maximum Gasteiger partial charge on any atom is 0.349 e. The van der Waals surface area contributed by atoms with Gasteiger partial charge in [-0.1, -0.05) is 11.6 Å². The van der Waals surface area contributed by atoms with Crippen LogP contribution in [0, 0.1) is 0 Å². The van der Waals surface area contributed by atoms with Gasteiger partial charge < -0.3 is 4.74 Å². The van der Waals surface area contributed by atoms with Gasteiger partial charge in [0.25, 0.3) is 0 Å². The zero-order chi connectivity index (χ0) is 5.28. The molecule has 0 amide bonds. The summed E-state index contributed by atoms with van der Waals surface area (Å²) in [7, 11) is 0. The normalized spacial score (nSPS) is 19.0. The van der Waals surface area contributed by atoms with Crippen LogP contribution in [0.25, 0.3) is 0 Å². The van der Waals surface area contributed by atoms with Gasteiger partial charge in [0.05, 0.1) is 0 Å². The molecule has 0 N–H and O–H groups in total. The summed E-state index contributed by atoms with van der Waals surface area (Å²) < 4.78 is 4.40. The number of hydrogen-bond donors (Lipinski definition) is 0. The van der Waals surface area contributed by atoms with Gasteiger partial charge in [-0.15, -0.1) is 0 Å². The average Bonchev–Trinajstić information content (AvgIpc) is 1.91. The number of rotatable bonds is 0. The summed E-state index contributed by atoms with van der Waals surface area (Å²) in [4.78, 5) is 10.2.